The highest BCUT2D eigenvalue weighted by molar-refractivity contribution is 5.73. The number of carboxylic acid groups (broad SMARTS) is 1. The Balaban J connectivity index is 2.36. The molecule has 0 fully saturated rings. The highest BCUT2D eigenvalue weighted by atomic mass is 16.5. The molecular formula is C31H46O5. The molecule has 0 aliphatic carbocycles. The second-order valence-corrected chi connectivity index (χ2v) is 11.4. The molecule has 0 heterocycles. The molecule has 3 N–H and O–H groups in total. The number of carbonyl (C=O) groups is 1. The molecule has 0 bridgehead atoms. The van der Waals surface area contributed by atoms with Crippen LogP contribution in [0.25, 0.3) is 0 Å². The van der Waals surface area contributed by atoms with E-state index < -0.39 is 18.2 Å². The predicted octanol–water partition coefficient (Wildman–Crippen LogP) is 6.35. The van der Waals surface area contributed by atoms with E-state index in [0.29, 0.717) is 5.75 Å². The van der Waals surface area contributed by atoms with Crippen LogP contribution < -0.4 is 4.74 Å². The topological polar surface area (TPSA) is 87.0 Å². The Labute approximate surface area is 217 Å². The number of carboxylic acids is 1. The van der Waals surface area contributed by atoms with Crippen molar-refractivity contribution in [2.45, 2.75) is 111 Å². The molecule has 3 unspecified atom stereocenters. The van der Waals surface area contributed by atoms with Crippen molar-refractivity contribution < 1.29 is 24.9 Å². The monoisotopic (exact) mass is 498 g/mol. The van der Waals surface area contributed by atoms with Gasteiger partial charge in [-0.15, -0.1) is 0 Å². The van der Waals surface area contributed by atoms with E-state index in [1.165, 1.54) is 22.3 Å². The minimum Gasteiger partial charge on any atom is -0.479 e. The van der Waals surface area contributed by atoms with Gasteiger partial charge >= 0.3 is 5.97 Å². The Bertz CT molecular complexity index is 1010. The van der Waals surface area contributed by atoms with Crippen LogP contribution in [-0.2, 0) is 16.6 Å². The molecule has 0 aliphatic heterocycles. The lowest BCUT2D eigenvalue weighted by atomic mass is 9.69. The van der Waals surface area contributed by atoms with Crippen molar-refractivity contribution in [2.24, 2.45) is 5.41 Å². The summed E-state index contributed by atoms with van der Waals surface area (Å²) in [5, 5.41) is 29.6. The first-order valence-corrected chi connectivity index (χ1v) is 13.2. The van der Waals surface area contributed by atoms with E-state index in [1.807, 2.05) is 19.1 Å². The van der Waals surface area contributed by atoms with Gasteiger partial charge in [-0.3, -0.25) is 0 Å². The van der Waals surface area contributed by atoms with E-state index in [1.54, 1.807) is 6.92 Å². The molecule has 0 aromatic heterocycles. The maximum atomic E-state index is 11.6. The van der Waals surface area contributed by atoms with E-state index in [4.69, 9.17) is 4.74 Å². The van der Waals surface area contributed by atoms with Gasteiger partial charge in [-0.25, -0.2) is 4.79 Å². The van der Waals surface area contributed by atoms with Crippen LogP contribution in [0.5, 0.6) is 5.75 Å². The summed E-state index contributed by atoms with van der Waals surface area (Å²) in [6.07, 6.45) is 1.26. The van der Waals surface area contributed by atoms with Crippen LogP contribution in [0.3, 0.4) is 0 Å². The fourth-order valence-corrected chi connectivity index (χ4v) is 4.97. The minimum absolute atomic E-state index is 0.0305. The van der Waals surface area contributed by atoms with E-state index in [0.717, 1.165) is 31.2 Å². The van der Waals surface area contributed by atoms with Crippen LogP contribution >= 0.6 is 0 Å². The Kier molecular flexibility index (Phi) is 10.2. The molecule has 3 atom stereocenters. The molecule has 0 saturated carbocycles. The van der Waals surface area contributed by atoms with Gasteiger partial charge in [-0.2, -0.15) is 0 Å². The normalized spacial score (nSPS) is 14.8. The number of ether oxygens (including phenoxy) is 1. The van der Waals surface area contributed by atoms with Gasteiger partial charge in [0, 0.05) is 11.8 Å². The molecule has 200 valence electrons. The largest absolute Gasteiger partial charge is 0.479 e. The molecule has 2 aromatic carbocycles. The third-order valence-corrected chi connectivity index (χ3v) is 7.62. The van der Waals surface area contributed by atoms with Gasteiger partial charge < -0.3 is 20.1 Å². The summed E-state index contributed by atoms with van der Waals surface area (Å²) < 4.78 is 5.78. The Morgan fingerprint density at radius 2 is 1.50 bits per heavy atom. The number of aryl methyl sites for hydroxylation is 3. The first kappa shape index (κ1) is 29.9. The van der Waals surface area contributed by atoms with Crippen LogP contribution in [0.4, 0.5) is 0 Å². The fraction of sp³-hybridized carbons (Fsp3) is 0.581. The molecule has 5 heteroatoms. The molecule has 36 heavy (non-hydrogen) atoms. The summed E-state index contributed by atoms with van der Waals surface area (Å²) >= 11 is 0. The van der Waals surface area contributed by atoms with Crippen molar-refractivity contribution in [1.82, 2.24) is 0 Å². The molecule has 0 saturated heterocycles. The second kappa shape index (κ2) is 12.2. The van der Waals surface area contributed by atoms with Gasteiger partial charge in [-0.1, -0.05) is 65.0 Å². The van der Waals surface area contributed by atoms with Crippen LogP contribution in [0, 0.1) is 19.3 Å². The van der Waals surface area contributed by atoms with Crippen molar-refractivity contribution in [3.63, 3.8) is 0 Å². The number of benzene rings is 2. The van der Waals surface area contributed by atoms with Crippen LogP contribution in [0.1, 0.15) is 95.0 Å². The predicted molar refractivity (Wildman–Crippen MR) is 146 cm³/mol. The standard InChI is InChI=1S/C31H46O5/c1-9-31(10-2,24-13-11-23(20(3)17-24)12-16-28(33)30(6,7)8)25-14-15-26(21(4)18-25)36-27(29(34)35)19-22(5)32/h11,13-15,17-18,22,27-28,32-33H,9-10,12,16,19H2,1-8H3,(H,34,35). The van der Waals surface area contributed by atoms with E-state index in [9.17, 15) is 20.1 Å². The van der Waals surface area contributed by atoms with Gasteiger partial charge in [0.2, 0.25) is 0 Å². The number of hydrogen-bond acceptors (Lipinski definition) is 4. The highest BCUT2D eigenvalue weighted by Gasteiger charge is 2.32. The maximum Gasteiger partial charge on any atom is 0.344 e. The van der Waals surface area contributed by atoms with Crippen molar-refractivity contribution in [1.29, 1.82) is 0 Å². The molecule has 2 aromatic rings. The molecule has 0 radical (unpaired) electrons. The third kappa shape index (κ3) is 7.10. The summed E-state index contributed by atoms with van der Waals surface area (Å²) in [7, 11) is 0. The molecular weight excluding hydrogens is 452 g/mol. The number of aliphatic carboxylic acids is 1. The second-order valence-electron chi connectivity index (χ2n) is 11.4. The first-order chi connectivity index (χ1) is 16.7. The van der Waals surface area contributed by atoms with E-state index >= 15 is 0 Å². The van der Waals surface area contributed by atoms with Crippen molar-refractivity contribution in [3.8, 4) is 5.75 Å². The van der Waals surface area contributed by atoms with Crippen molar-refractivity contribution >= 4 is 5.97 Å². The lowest BCUT2D eigenvalue weighted by Crippen LogP contribution is -2.31. The molecule has 5 nitrogen and oxygen atoms in total. The Hall–Kier alpha value is -2.37. The molecule has 2 rings (SSSR count). The van der Waals surface area contributed by atoms with E-state index in [2.05, 4.69) is 65.8 Å². The quantitative estimate of drug-likeness (QED) is 0.317. The third-order valence-electron chi connectivity index (χ3n) is 7.62. The summed E-state index contributed by atoms with van der Waals surface area (Å²) in [6, 6.07) is 12.7. The minimum atomic E-state index is -1.09. The zero-order valence-corrected chi connectivity index (χ0v) is 23.4. The average molecular weight is 499 g/mol. The van der Waals surface area contributed by atoms with Crippen LogP contribution in [0.2, 0.25) is 0 Å². The zero-order chi connectivity index (χ0) is 27.3. The average Bonchev–Trinajstić information content (AvgIpc) is 2.79. The number of rotatable bonds is 12. The SMILES string of the molecule is CCC(CC)(c1ccc(CCC(O)C(C)(C)C)c(C)c1)c1ccc(OC(CC(C)O)C(=O)O)c(C)c1. The number of hydrogen-bond donors (Lipinski definition) is 3. The molecule has 0 aliphatic rings. The smallest absolute Gasteiger partial charge is 0.344 e. The van der Waals surface area contributed by atoms with Gasteiger partial charge in [0.15, 0.2) is 6.10 Å². The first-order valence-electron chi connectivity index (χ1n) is 13.2. The summed E-state index contributed by atoms with van der Waals surface area (Å²) in [5.74, 6) is -0.557. The lowest BCUT2D eigenvalue weighted by molar-refractivity contribution is -0.146. The van der Waals surface area contributed by atoms with Crippen LogP contribution in [0.15, 0.2) is 36.4 Å². The molecule has 0 spiro atoms. The zero-order valence-electron chi connectivity index (χ0n) is 23.4. The van der Waals surface area contributed by atoms with Crippen LogP contribution in [-0.4, -0.2) is 39.6 Å². The number of aliphatic hydroxyl groups excluding tert-OH is 2. The maximum absolute atomic E-state index is 11.6. The van der Waals surface area contributed by atoms with Crippen molar-refractivity contribution in [3.05, 3.63) is 64.2 Å². The van der Waals surface area contributed by atoms with Gasteiger partial charge in [-0.05, 0) is 85.8 Å². The Morgan fingerprint density at radius 1 is 0.944 bits per heavy atom. The summed E-state index contributed by atoms with van der Waals surface area (Å²) in [4.78, 5) is 11.6. The van der Waals surface area contributed by atoms with Gasteiger partial charge in [0.05, 0.1) is 12.2 Å². The summed E-state index contributed by atoms with van der Waals surface area (Å²) in [6.45, 7) is 16.3. The molecule has 0 amide bonds. The highest BCUT2D eigenvalue weighted by Crippen LogP contribution is 2.41. The summed E-state index contributed by atoms with van der Waals surface area (Å²) in [5.41, 5.74) is 5.51. The Morgan fingerprint density at radius 3 is 1.94 bits per heavy atom. The lowest BCUT2D eigenvalue weighted by Gasteiger charge is -2.34. The van der Waals surface area contributed by atoms with Gasteiger partial charge in [0.25, 0.3) is 0 Å². The number of aliphatic hydroxyl groups is 2. The van der Waals surface area contributed by atoms with E-state index in [-0.39, 0.29) is 23.4 Å². The fourth-order valence-electron chi connectivity index (χ4n) is 4.97. The van der Waals surface area contributed by atoms with Gasteiger partial charge in [0.1, 0.15) is 5.75 Å². The van der Waals surface area contributed by atoms with Crippen molar-refractivity contribution in [2.75, 3.05) is 0 Å².